The summed E-state index contributed by atoms with van der Waals surface area (Å²) in [6.07, 6.45) is 0.0872. The first-order chi connectivity index (χ1) is 13.0. The van der Waals surface area contributed by atoms with Crippen molar-refractivity contribution in [2.24, 2.45) is 5.92 Å². The average Bonchev–Trinajstić information content (AvgIpc) is 3.08. The van der Waals surface area contributed by atoms with E-state index in [-0.39, 0.29) is 31.3 Å². The number of nitrogens with zero attached hydrogens (tertiary/aromatic N) is 1. The molecule has 1 aliphatic rings. The summed E-state index contributed by atoms with van der Waals surface area (Å²) in [7, 11) is 1.54. The van der Waals surface area contributed by atoms with Crippen molar-refractivity contribution >= 4 is 23.3 Å². The Morgan fingerprint density at radius 1 is 1.11 bits per heavy atom. The lowest BCUT2D eigenvalue weighted by molar-refractivity contribution is -0.147. The van der Waals surface area contributed by atoms with Crippen molar-refractivity contribution in [2.75, 3.05) is 25.2 Å². The van der Waals surface area contributed by atoms with E-state index < -0.39 is 11.9 Å². The fraction of sp³-hybridized carbons (Fsp3) is 0.286. The van der Waals surface area contributed by atoms with Gasteiger partial charge in [-0.3, -0.25) is 14.4 Å². The summed E-state index contributed by atoms with van der Waals surface area (Å²) in [5, 5.41) is 0. The molecule has 0 bridgehead atoms. The lowest BCUT2D eigenvalue weighted by Gasteiger charge is -2.18. The van der Waals surface area contributed by atoms with Crippen LogP contribution in [0.1, 0.15) is 22.3 Å². The van der Waals surface area contributed by atoms with E-state index in [0.29, 0.717) is 11.3 Å². The Morgan fingerprint density at radius 3 is 2.48 bits per heavy atom. The topological polar surface area (TPSA) is 72.9 Å². The maximum absolute atomic E-state index is 12.3. The summed E-state index contributed by atoms with van der Waals surface area (Å²) >= 11 is 0. The maximum Gasteiger partial charge on any atom is 0.311 e. The number of anilines is 1. The fourth-order valence-electron chi connectivity index (χ4n) is 3.08. The second-order valence-electron chi connectivity index (χ2n) is 6.45. The van der Waals surface area contributed by atoms with Gasteiger partial charge in [0.25, 0.3) is 0 Å². The van der Waals surface area contributed by atoms with Crippen LogP contribution in [-0.4, -0.2) is 37.9 Å². The molecule has 0 aliphatic carbocycles. The van der Waals surface area contributed by atoms with Crippen molar-refractivity contribution in [1.82, 2.24) is 0 Å². The fourth-order valence-corrected chi connectivity index (χ4v) is 3.08. The van der Waals surface area contributed by atoms with Gasteiger partial charge in [0.1, 0.15) is 5.75 Å². The van der Waals surface area contributed by atoms with Gasteiger partial charge in [-0.15, -0.1) is 0 Å². The van der Waals surface area contributed by atoms with Crippen molar-refractivity contribution in [3.8, 4) is 5.75 Å². The number of aryl methyl sites for hydroxylation is 1. The summed E-state index contributed by atoms with van der Waals surface area (Å²) in [4.78, 5) is 38.4. The van der Waals surface area contributed by atoms with Gasteiger partial charge in [0.05, 0.1) is 13.0 Å². The van der Waals surface area contributed by atoms with E-state index in [9.17, 15) is 14.4 Å². The number of rotatable bonds is 6. The molecule has 0 spiro atoms. The lowest BCUT2D eigenvalue weighted by atomic mass is 10.1. The van der Waals surface area contributed by atoms with Crippen molar-refractivity contribution in [1.29, 1.82) is 0 Å². The molecule has 6 nitrogen and oxygen atoms in total. The third-order valence-electron chi connectivity index (χ3n) is 4.62. The van der Waals surface area contributed by atoms with Crippen molar-refractivity contribution in [3.63, 3.8) is 0 Å². The normalized spacial score (nSPS) is 16.3. The molecule has 2 aromatic carbocycles. The monoisotopic (exact) mass is 367 g/mol. The number of carbonyl (C=O) groups excluding carboxylic acids is 3. The first kappa shape index (κ1) is 18.6. The molecule has 0 aromatic heterocycles. The van der Waals surface area contributed by atoms with Gasteiger partial charge < -0.3 is 14.4 Å². The molecule has 0 unspecified atom stereocenters. The predicted molar refractivity (Wildman–Crippen MR) is 99.9 cm³/mol. The van der Waals surface area contributed by atoms with Crippen molar-refractivity contribution < 1.29 is 23.9 Å². The van der Waals surface area contributed by atoms with E-state index in [4.69, 9.17) is 9.47 Å². The summed E-state index contributed by atoms with van der Waals surface area (Å²) in [6, 6.07) is 14.1. The molecule has 140 valence electrons. The van der Waals surface area contributed by atoms with Crippen LogP contribution >= 0.6 is 0 Å². The average molecular weight is 367 g/mol. The minimum Gasteiger partial charge on any atom is -0.497 e. The van der Waals surface area contributed by atoms with E-state index in [2.05, 4.69) is 0 Å². The highest BCUT2D eigenvalue weighted by atomic mass is 16.5. The van der Waals surface area contributed by atoms with Crippen LogP contribution in [0, 0.1) is 12.8 Å². The van der Waals surface area contributed by atoms with Gasteiger partial charge in [-0.25, -0.2) is 0 Å². The molecule has 1 saturated heterocycles. The first-order valence-electron chi connectivity index (χ1n) is 8.69. The van der Waals surface area contributed by atoms with Crippen LogP contribution < -0.4 is 9.64 Å². The van der Waals surface area contributed by atoms with Gasteiger partial charge in [-0.1, -0.05) is 18.2 Å². The third kappa shape index (κ3) is 4.16. The summed E-state index contributed by atoms with van der Waals surface area (Å²) in [5.74, 6) is -0.870. The Morgan fingerprint density at radius 2 is 1.81 bits per heavy atom. The van der Waals surface area contributed by atoms with Crippen molar-refractivity contribution in [3.05, 3.63) is 59.7 Å². The Kier molecular flexibility index (Phi) is 5.54. The van der Waals surface area contributed by atoms with E-state index in [1.165, 1.54) is 0 Å². The highest BCUT2D eigenvalue weighted by Crippen LogP contribution is 2.28. The number of para-hydroxylation sites is 1. The highest BCUT2D eigenvalue weighted by Gasteiger charge is 2.36. The molecule has 1 heterocycles. The van der Waals surface area contributed by atoms with Gasteiger partial charge in [0, 0.05) is 24.2 Å². The number of methoxy groups -OCH3 is 1. The van der Waals surface area contributed by atoms with Crippen LogP contribution in [0.2, 0.25) is 0 Å². The van der Waals surface area contributed by atoms with Crippen LogP contribution in [-0.2, 0) is 14.3 Å². The molecule has 0 radical (unpaired) electrons. The largest absolute Gasteiger partial charge is 0.497 e. The molecule has 0 saturated carbocycles. The second kappa shape index (κ2) is 8.03. The Labute approximate surface area is 157 Å². The van der Waals surface area contributed by atoms with Gasteiger partial charge >= 0.3 is 5.97 Å². The van der Waals surface area contributed by atoms with E-state index >= 15 is 0 Å². The number of ketones is 1. The number of hydrogen-bond acceptors (Lipinski definition) is 5. The molecule has 1 aliphatic heterocycles. The van der Waals surface area contributed by atoms with Crippen LogP contribution in [0.3, 0.4) is 0 Å². The Balaban J connectivity index is 1.57. The summed E-state index contributed by atoms with van der Waals surface area (Å²) < 4.78 is 10.2. The van der Waals surface area contributed by atoms with E-state index in [0.717, 1.165) is 11.3 Å². The number of amides is 1. The molecule has 2 aromatic rings. The number of hydrogen-bond donors (Lipinski definition) is 0. The molecule has 1 amide bonds. The quantitative estimate of drug-likeness (QED) is 0.580. The number of Topliss-reactive ketones (excluding diaryl/α,β-unsaturated/α-hetero) is 1. The molecule has 1 atom stereocenters. The number of benzene rings is 2. The van der Waals surface area contributed by atoms with Crippen LogP contribution in [0.4, 0.5) is 5.69 Å². The zero-order valence-electron chi connectivity index (χ0n) is 15.3. The van der Waals surface area contributed by atoms with Crippen LogP contribution in [0.15, 0.2) is 48.5 Å². The molecule has 27 heavy (non-hydrogen) atoms. The number of carbonyl (C=O) groups is 3. The SMILES string of the molecule is COc1ccc(C(=O)COC(=O)[C@H]2CC(=O)N(c3ccccc3C)C2)cc1. The van der Waals surface area contributed by atoms with Gasteiger partial charge in [0.2, 0.25) is 5.91 Å². The van der Waals surface area contributed by atoms with Crippen molar-refractivity contribution in [2.45, 2.75) is 13.3 Å². The third-order valence-corrected chi connectivity index (χ3v) is 4.62. The molecule has 0 N–H and O–H groups in total. The highest BCUT2D eigenvalue weighted by molar-refractivity contribution is 6.01. The Hall–Kier alpha value is -3.15. The standard InChI is InChI=1S/C21H21NO5/c1-14-5-3-4-6-18(14)22-12-16(11-20(22)24)21(25)27-13-19(23)15-7-9-17(26-2)10-8-15/h3-10,16H,11-13H2,1-2H3/t16-/m0/s1. The minimum atomic E-state index is -0.569. The molecular formula is C21H21NO5. The predicted octanol–water partition coefficient (Wildman–Crippen LogP) is 2.78. The van der Waals surface area contributed by atoms with Gasteiger partial charge in [-0.05, 0) is 42.8 Å². The van der Waals surface area contributed by atoms with Crippen LogP contribution in [0.25, 0.3) is 0 Å². The molecule has 3 rings (SSSR count). The summed E-state index contributed by atoms with van der Waals surface area (Å²) in [6.45, 7) is 1.83. The number of ether oxygens (including phenoxy) is 2. The lowest BCUT2D eigenvalue weighted by Crippen LogP contribution is -2.27. The van der Waals surface area contributed by atoms with E-state index in [1.807, 2.05) is 31.2 Å². The molecular weight excluding hydrogens is 346 g/mol. The summed E-state index contributed by atoms with van der Waals surface area (Å²) in [5.41, 5.74) is 2.20. The molecule has 6 heteroatoms. The maximum atomic E-state index is 12.3. The smallest absolute Gasteiger partial charge is 0.311 e. The second-order valence-corrected chi connectivity index (χ2v) is 6.45. The number of esters is 1. The Bertz CT molecular complexity index is 859. The zero-order valence-corrected chi connectivity index (χ0v) is 15.3. The minimum absolute atomic E-state index is 0.0872. The van der Waals surface area contributed by atoms with E-state index in [1.54, 1.807) is 36.3 Å². The van der Waals surface area contributed by atoms with Gasteiger partial charge in [0.15, 0.2) is 12.4 Å². The van der Waals surface area contributed by atoms with Crippen LogP contribution in [0.5, 0.6) is 5.75 Å². The van der Waals surface area contributed by atoms with Gasteiger partial charge in [-0.2, -0.15) is 0 Å². The zero-order chi connectivity index (χ0) is 19.4. The first-order valence-corrected chi connectivity index (χ1v) is 8.69. The molecule has 1 fully saturated rings.